The average Bonchev–Trinajstić information content (AvgIpc) is 3.92. The third-order valence-electron chi connectivity index (χ3n) is 12.5. The van der Waals surface area contributed by atoms with Crippen LogP contribution in [0, 0.1) is 19.0 Å². The number of furan rings is 1. The van der Waals surface area contributed by atoms with Gasteiger partial charge in [-0.05, 0) is 92.2 Å². The van der Waals surface area contributed by atoms with Crippen molar-refractivity contribution in [1.82, 2.24) is 14.5 Å². The molecule has 66 heavy (non-hydrogen) atoms. The van der Waals surface area contributed by atoms with E-state index in [1.165, 1.54) is 27.4 Å². The van der Waals surface area contributed by atoms with E-state index in [4.69, 9.17) is 13.5 Å². The molecule has 0 unspecified atom stereocenters. The first-order valence-corrected chi connectivity index (χ1v) is 26.0. The number of hydrogen-bond donors (Lipinski definition) is 0. The van der Waals surface area contributed by atoms with Crippen LogP contribution in [0.5, 0.6) is 0 Å². The summed E-state index contributed by atoms with van der Waals surface area (Å²) in [5.41, 5.74) is 12.6. The third-order valence-corrected chi connectivity index (χ3v) is 14.6. The number of hydrogen-bond acceptors (Lipinski definition) is 3. The number of pyridine rings is 1. The van der Waals surface area contributed by atoms with Crippen LogP contribution >= 0.6 is 0 Å². The second-order valence-corrected chi connectivity index (χ2v) is 23.7. The minimum Gasteiger partial charge on any atom is -0.500 e. The van der Waals surface area contributed by atoms with Gasteiger partial charge in [0.25, 0.3) is 0 Å². The predicted octanol–water partition coefficient (Wildman–Crippen LogP) is 16.0. The van der Waals surface area contributed by atoms with Crippen LogP contribution in [0.1, 0.15) is 60.3 Å². The van der Waals surface area contributed by atoms with Gasteiger partial charge in [0.1, 0.15) is 5.58 Å². The maximum absolute atomic E-state index is 7.97. The number of imidazole rings is 1. The molecule has 8 aromatic carbocycles. The topological polar surface area (TPSA) is 43.9 Å². The van der Waals surface area contributed by atoms with E-state index in [9.17, 15) is 0 Å². The van der Waals surface area contributed by atoms with Crippen molar-refractivity contribution in [2.75, 3.05) is 0 Å². The van der Waals surface area contributed by atoms with E-state index in [1.54, 1.807) is 12.1 Å². The summed E-state index contributed by atoms with van der Waals surface area (Å²) in [6.45, 7) is 13.9. The second-order valence-electron chi connectivity index (χ2n) is 18.6. The van der Waals surface area contributed by atoms with Crippen molar-refractivity contribution in [3.63, 3.8) is 0 Å². The van der Waals surface area contributed by atoms with Crippen LogP contribution in [-0.4, -0.2) is 22.6 Å². The number of benzene rings is 8. The fourth-order valence-corrected chi connectivity index (χ4v) is 10.1. The maximum atomic E-state index is 7.97. The SMILES string of the molecule is C[Si](C)(C)c1ccc(-c2[c-]cccc2)nc1.[2H]C([2H])([2H])c1ccc2c(ccc3ccc4c5cc[c-]c(-c6nc7ccccc7n6-c6c(C(C)C)cc(-c7ccccc7)cc6C(C)C)c5oc4c32)c1.[Ir]. The van der Waals surface area contributed by atoms with Crippen LogP contribution in [-0.2, 0) is 20.1 Å². The first kappa shape index (κ1) is 41.0. The number of aryl methyl sites for hydroxylation is 1. The van der Waals surface area contributed by atoms with Crippen LogP contribution in [0.2, 0.25) is 19.6 Å². The van der Waals surface area contributed by atoms with Crippen molar-refractivity contribution in [3.05, 3.63) is 193 Å². The van der Waals surface area contributed by atoms with Gasteiger partial charge in [0.15, 0.2) is 0 Å². The summed E-state index contributed by atoms with van der Waals surface area (Å²) < 4.78 is 33.2. The molecule has 11 aromatic rings. The van der Waals surface area contributed by atoms with Crippen LogP contribution < -0.4 is 5.19 Å². The quantitative estimate of drug-likeness (QED) is 0.0908. The molecular weight excluding hydrogens is 999 g/mol. The van der Waals surface area contributed by atoms with E-state index in [0.717, 1.165) is 82.8 Å². The molecule has 0 amide bonds. The monoisotopic (exact) mass is 1060 g/mol. The molecule has 329 valence electrons. The Morgan fingerprint density at radius 2 is 1.33 bits per heavy atom. The number of nitrogens with zero attached hydrogens (tertiary/aromatic N) is 3. The number of para-hydroxylation sites is 2. The van der Waals surface area contributed by atoms with E-state index in [0.29, 0.717) is 5.56 Å². The van der Waals surface area contributed by atoms with Gasteiger partial charge in [0, 0.05) is 46.9 Å². The molecule has 0 N–H and O–H groups in total. The zero-order chi connectivity index (χ0) is 47.5. The molecule has 0 aliphatic heterocycles. The molecule has 3 aromatic heterocycles. The first-order valence-electron chi connectivity index (χ1n) is 24.0. The normalized spacial score (nSPS) is 12.7. The molecule has 3 heterocycles. The van der Waals surface area contributed by atoms with Gasteiger partial charge >= 0.3 is 0 Å². The fourth-order valence-electron chi connectivity index (χ4n) is 9.10. The summed E-state index contributed by atoms with van der Waals surface area (Å²) in [6.07, 6.45) is 2.02. The van der Waals surface area contributed by atoms with Crippen molar-refractivity contribution in [2.45, 2.75) is 66.0 Å². The molecule has 0 bridgehead atoms. The fraction of sp³-hybridized carbons (Fsp3) is 0.167. The van der Waals surface area contributed by atoms with Gasteiger partial charge in [0.05, 0.1) is 30.5 Å². The minimum absolute atomic E-state index is 0. The zero-order valence-corrected chi connectivity index (χ0v) is 41.7. The second kappa shape index (κ2) is 18.1. The number of fused-ring (bicyclic) bond motifs is 8. The molecule has 11 rings (SSSR count). The van der Waals surface area contributed by atoms with Crippen LogP contribution in [0.25, 0.3) is 94.0 Å². The Hall–Kier alpha value is -6.43. The molecule has 1 radical (unpaired) electrons. The molecule has 4 nitrogen and oxygen atoms in total. The van der Waals surface area contributed by atoms with E-state index >= 15 is 0 Å². The van der Waals surface area contributed by atoms with Gasteiger partial charge in [-0.3, -0.25) is 4.98 Å². The standard InChI is InChI=1S/C46H37N2O.C14H16NSi.Ir/c1-27(2)38-25-33(30-12-7-6-8-13-30)26-39(28(3)4)43(38)48-41-17-10-9-16-40(41)47-46(48)37-15-11-14-35-36-23-21-31-19-20-32-24-29(5)18-22-34(32)42(31)45(36)49-44(35)37;1-16(2,3)13-9-10-14(15-11-13)12-7-5-4-6-8-12;/h6-14,16-28H,1-5H3;4-7,9-11H,1-3H3;/q2*-1;/i5D3;;. The van der Waals surface area contributed by atoms with E-state index in [2.05, 4.69) is 160 Å². The largest absolute Gasteiger partial charge is 0.500 e. The van der Waals surface area contributed by atoms with Crippen molar-refractivity contribution >= 4 is 67.8 Å². The van der Waals surface area contributed by atoms with E-state index in [-0.39, 0.29) is 31.9 Å². The summed E-state index contributed by atoms with van der Waals surface area (Å²) in [7, 11) is -1.23. The van der Waals surface area contributed by atoms with Crippen molar-refractivity contribution in [1.29, 1.82) is 0 Å². The zero-order valence-electron chi connectivity index (χ0n) is 41.3. The van der Waals surface area contributed by atoms with Gasteiger partial charge in [-0.1, -0.05) is 161 Å². The summed E-state index contributed by atoms with van der Waals surface area (Å²) in [6, 6.07) is 60.3. The molecule has 6 heteroatoms. The predicted molar refractivity (Wildman–Crippen MR) is 277 cm³/mol. The van der Waals surface area contributed by atoms with Gasteiger partial charge in [-0.2, -0.15) is 0 Å². The minimum atomic E-state index is -2.18. The Balaban J connectivity index is 0.000000296. The Morgan fingerprint density at radius 3 is 2.03 bits per heavy atom. The van der Waals surface area contributed by atoms with E-state index < -0.39 is 14.9 Å². The molecule has 0 aliphatic rings. The maximum Gasteiger partial charge on any atom is 0.129 e. The van der Waals surface area contributed by atoms with Gasteiger partial charge in [-0.15, -0.1) is 54.1 Å². The Kier molecular flexibility index (Phi) is 11.2. The van der Waals surface area contributed by atoms with Crippen molar-refractivity contribution < 1.29 is 28.6 Å². The van der Waals surface area contributed by atoms with E-state index in [1.807, 2.05) is 60.8 Å². The molecule has 0 aliphatic carbocycles. The Morgan fingerprint density at radius 1 is 0.636 bits per heavy atom. The van der Waals surface area contributed by atoms with Crippen molar-refractivity contribution in [3.8, 4) is 39.5 Å². The van der Waals surface area contributed by atoms with Gasteiger partial charge < -0.3 is 14.0 Å². The summed E-state index contributed by atoms with van der Waals surface area (Å²) in [5, 5.41) is 7.17. The summed E-state index contributed by atoms with van der Waals surface area (Å²) in [4.78, 5) is 9.84. The van der Waals surface area contributed by atoms with Crippen LogP contribution in [0.15, 0.2) is 168 Å². The molecule has 0 fully saturated rings. The average molecular weight is 1060 g/mol. The molecule has 0 saturated carbocycles. The Labute approximate surface area is 407 Å². The smallest absolute Gasteiger partial charge is 0.129 e. The van der Waals surface area contributed by atoms with Crippen LogP contribution in [0.3, 0.4) is 0 Å². The molecular formula is C60H53IrN3OSi-2. The number of aromatic nitrogens is 3. The molecule has 0 spiro atoms. The molecule has 0 atom stereocenters. The van der Waals surface area contributed by atoms with Gasteiger partial charge in [-0.25, -0.2) is 0 Å². The summed E-state index contributed by atoms with van der Waals surface area (Å²) >= 11 is 0. The first-order chi connectivity index (χ1) is 32.7. The van der Waals surface area contributed by atoms with Gasteiger partial charge in [0.2, 0.25) is 0 Å². The summed E-state index contributed by atoms with van der Waals surface area (Å²) in [5.74, 6) is 1.25. The third kappa shape index (κ3) is 8.23. The Bertz CT molecular complexity index is 3620. The van der Waals surface area contributed by atoms with Crippen LogP contribution in [0.4, 0.5) is 0 Å². The van der Waals surface area contributed by atoms with Crippen molar-refractivity contribution in [2.24, 2.45) is 0 Å². The number of rotatable bonds is 7. The molecule has 0 saturated heterocycles.